The van der Waals surface area contributed by atoms with Crippen molar-refractivity contribution >= 4 is 5.91 Å². The smallest absolute Gasteiger partial charge is 0.240 e. The molecule has 3 heterocycles. The van der Waals surface area contributed by atoms with Gasteiger partial charge in [-0.25, -0.2) is 0 Å². The van der Waals surface area contributed by atoms with E-state index in [0.717, 1.165) is 51.1 Å². The maximum atomic E-state index is 13.0. The molecule has 3 rings (SSSR count). The highest BCUT2D eigenvalue weighted by Crippen LogP contribution is 2.28. The normalized spacial score (nSPS) is 23.0. The van der Waals surface area contributed by atoms with E-state index in [0.29, 0.717) is 13.2 Å². The van der Waals surface area contributed by atoms with Gasteiger partial charge in [0.05, 0.1) is 24.9 Å². The van der Waals surface area contributed by atoms with Gasteiger partial charge in [-0.2, -0.15) is 5.10 Å². The Kier molecular flexibility index (Phi) is 5.49. The molecule has 0 aromatic carbocycles. The number of aromatic nitrogens is 2. The summed E-state index contributed by atoms with van der Waals surface area (Å²) in [5.41, 5.74) is 2.39. The molecule has 2 fully saturated rings. The number of morpholine rings is 1. The van der Waals surface area contributed by atoms with E-state index >= 15 is 0 Å². The van der Waals surface area contributed by atoms with Gasteiger partial charge < -0.3 is 9.64 Å². The van der Waals surface area contributed by atoms with Crippen LogP contribution in [0, 0.1) is 0 Å². The molecule has 2 aliphatic rings. The second-order valence-electron chi connectivity index (χ2n) is 8.35. The Labute approximate surface area is 151 Å². The van der Waals surface area contributed by atoms with E-state index in [1.807, 2.05) is 16.6 Å². The molecule has 6 heteroatoms. The molecule has 0 unspecified atom stereocenters. The summed E-state index contributed by atoms with van der Waals surface area (Å²) in [6, 6.07) is -0.000116. The molecule has 0 spiro atoms. The number of piperidine rings is 1. The van der Waals surface area contributed by atoms with Gasteiger partial charge >= 0.3 is 0 Å². The van der Waals surface area contributed by atoms with Crippen LogP contribution in [0.2, 0.25) is 0 Å². The zero-order valence-electron chi connectivity index (χ0n) is 16.1. The van der Waals surface area contributed by atoms with Crippen molar-refractivity contribution in [3.8, 4) is 0 Å². The van der Waals surface area contributed by atoms with Gasteiger partial charge in [0.15, 0.2) is 0 Å². The van der Waals surface area contributed by atoms with E-state index in [2.05, 4.69) is 37.0 Å². The summed E-state index contributed by atoms with van der Waals surface area (Å²) in [6.45, 7) is 11.2. The molecule has 0 radical (unpaired) electrons. The predicted molar refractivity (Wildman–Crippen MR) is 97.4 cm³/mol. The third-order valence-corrected chi connectivity index (χ3v) is 5.21. The first-order chi connectivity index (χ1) is 11.9. The van der Waals surface area contributed by atoms with Crippen LogP contribution in [0.5, 0.6) is 0 Å². The lowest BCUT2D eigenvalue weighted by molar-refractivity contribution is -0.142. The standard InChI is InChI=1S/C19H32N4O2/c1-19(2,3)17-15(13-21(4)20-17)14-23-8-6-5-7-16(23)18(24)22-9-11-25-12-10-22/h13,16H,5-12,14H2,1-4H3/t16-/m1/s1. The zero-order chi connectivity index (χ0) is 18.0. The predicted octanol–water partition coefficient (Wildman–Crippen LogP) is 1.93. The Morgan fingerprint density at radius 3 is 2.64 bits per heavy atom. The number of carbonyl (C=O) groups is 1. The minimum Gasteiger partial charge on any atom is -0.378 e. The van der Waals surface area contributed by atoms with E-state index in [1.165, 1.54) is 5.56 Å². The van der Waals surface area contributed by atoms with E-state index in [9.17, 15) is 4.79 Å². The molecule has 1 amide bonds. The molecule has 1 aromatic rings. The largest absolute Gasteiger partial charge is 0.378 e. The molecule has 1 atom stereocenters. The van der Waals surface area contributed by atoms with E-state index in [4.69, 9.17) is 4.74 Å². The van der Waals surface area contributed by atoms with E-state index in [1.54, 1.807) is 0 Å². The lowest BCUT2D eigenvalue weighted by Gasteiger charge is -2.39. The van der Waals surface area contributed by atoms with Crippen LogP contribution >= 0.6 is 0 Å². The summed E-state index contributed by atoms with van der Waals surface area (Å²) in [7, 11) is 1.98. The minimum atomic E-state index is -0.000116. The van der Waals surface area contributed by atoms with Crippen LogP contribution in [0.25, 0.3) is 0 Å². The van der Waals surface area contributed by atoms with Crippen molar-refractivity contribution in [2.75, 3.05) is 32.8 Å². The average Bonchev–Trinajstić information content (AvgIpc) is 2.96. The highest BCUT2D eigenvalue weighted by molar-refractivity contribution is 5.82. The first-order valence-electron chi connectivity index (χ1n) is 9.50. The molecule has 25 heavy (non-hydrogen) atoms. The molecule has 1 aromatic heterocycles. The van der Waals surface area contributed by atoms with E-state index in [-0.39, 0.29) is 17.4 Å². The van der Waals surface area contributed by atoms with E-state index < -0.39 is 0 Å². The van der Waals surface area contributed by atoms with Crippen LogP contribution in [0.15, 0.2) is 6.20 Å². The second kappa shape index (κ2) is 7.46. The molecule has 2 aliphatic heterocycles. The Bertz CT molecular complexity index is 599. The Morgan fingerprint density at radius 1 is 1.24 bits per heavy atom. The molecule has 0 bridgehead atoms. The van der Waals surface area contributed by atoms with Crippen LogP contribution in [-0.4, -0.2) is 64.4 Å². The third kappa shape index (κ3) is 4.23. The molecule has 140 valence electrons. The molecule has 0 N–H and O–H groups in total. The number of carbonyl (C=O) groups excluding carboxylic acids is 1. The summed E-state index contributed by atoms with van der Waals surface area (Å²) < 4.78 is 7.30. The number of ether oxygens (including phenoxy) is 1. The maximum Gasteiger partial charge on any atom is 0.240 e. The average molecular weight is 348 g/mol. The monoisotopic (exact) mass is 348 g/mol. The van der Waals surface area contributed by atoms with Crippen molar-refractivity contribution in [3.63, 3.8) is 0 Å². The third-order valence-electron chi connectivity index (χ3n) is 5.21. The lowest BCUT2D eigenvalue weighted by atomic mass is 9.89. The maximum absolute atomic E-state index is 13.0. The minimum absolute atomic E-state index is 0.000116. The number of nitrogens with zero attached hydrogens (tertiary/aromatic N) is 4. The van der Waals surface area contributed by atoms with Crippen LogP contribution < -0.4 is 0 Å². The van der Waals surface area contributed by atoms with Crippen molar-refractivity contribution in [1.82, 2.24) is 19.6 Å². The zero-order valence-corrected chi connectivity index (χ0v) is 16.1. The van der Waals surface area contributed by atoms with Crippen LogP contribution in [0.3, 0.4) is 0 Å². The second-order valence-corrected chi connectivity index (χ2v) is 8.35. The van der Waals surface area contributed by atoms with Gasteiger partial charge in [0, 0.05) is 43.9 Å². The Balaban J connectivity index is 1.76. The molecular weight excluding hydrogens is 316 g/mol. The topological polar surface area (TPSA) is 50.6 Å². The number of amides is 1. The molecule has 2 saturated heterocycles. The number of hydrogen-bond acceptors (Lipinski definition) is 4. The van der Waals surface area contributed by atoms with Gasteiger partial charge in [0.25, 0.3) is 0 Å². The molecule has 6 nitrogen and oxygen atoms in total. The Morgan fingerprint density at radius 2 is 1.96 bits per heavy atom. The summed E-state index contributed by atoms with van der Waals surface area (Å²) in [5.74, 6) is 0.282. The molecular formula is C19H32N4O2. The van der Waals surface area contributed by atoms with Crippen LogP contribution in [0.4, 0.5) is 0 Å². The summed E-state index contributed by atoms with van der Waals surface area (Å²) >= 11 is 0. The number of aryl methyl sites for hydroxylation is 1. The van der Waals surface area contributed by atoms with Crippen molar-refractivity contribution in [3.05, 3.63) is 17.5 Å². The SMILES string of the molecule is Cn1cc(CN2CCCC[C@@H]2C(=O)N2CCOCC2)c(C(C)(C)C)n1. The highest BCUT2D eigenvalue weighted by Gasteiger charge is 2.34. The number of rotatable bonds is 3. The first kappa shape index (κ1) is 18.4. The molecule has 0 aliphatic carbocycles. The Hall–Kier alpha value is -1.40. The quantitative estimate of drug-likeness (QED) is 0.838. The summed E-state index contributed by atoms with van der Waals surface area (Å²) in [4.78, 5) is 17.4. The van der Waals surface area contributed by atoms with Gasteiger partial charge in [-0.15, -0.1) is 0 Å². The van der Waals surface area contributed by atoms with Crippen molar-refractivity contribution in [2.24, 2.45) is 7.05 Å². The summed E-state index contributed by atoms with van der Waals surface area (Å²) in [5, 5.41) is 4.69. The number of likely N-dealkylation sites (tertiary alicyclic amines) is 1. The van der Waals surface area contributed by atoms with Crippen LogP contribution in [0.1, 0.15) is 51.3 Å². The van der Waals surface area contributed by atoms with Crippen LogP contribution in [-0.2, 0) is 28.5 Å². The van der Waals surface area contributed by atoms with Gasteiger partial charge in [0.2, 0.25) is 5.91 Å². The fraction of sp³-hybridized carbons (Fsp3) is 0.789. The van der Waals surface area contributed by atoms with Gasteiger partial charge in [-0.1, -0.05) is 27.2 Å². The molecule has 0 saturated carbocycles. The number of hydrogen-bond donors (Lipinski definition) is 0. The van der Waals surface area contributed by atoms with Gasteiger partial charge in [0.1, 0.15) is 0 Å². The fourth-order valence-electron chi connectivity index (χ4n) is 3.96. The fourth-order valence-corrected chi connectivity index (χ4v) is 3.96. The van der Waals surface area contributed by atoms with Gasteiger partial charge in [-0.05, 0) is 19.4 Å². The van der Waals surface area contributed by atoms with Gasteiger partial charge in [-0.3, -0.25) is 14.4 Å². The first-order valence-corrected chi connectivity index (χ1v) is 9.50. The highest BCUT2D eigenvalue weighted by atomic mass is 16.5. The lowest BCUT2D eigenvalue weighted by Crippen LogP contribution is -2.53. The van der Waals surface area contributed by atoms with Crippen molar-refractivity contribution in [1.29, 1.82) is 0 Å². The van der Waals surface area contributed by atoms with Crippen molar-refractivity contribution in [2.45, 2.75) is 58.0 Å². The summed E-state index contributed by atoms with van der Waals surface area (Å²) in [6.07, 6.45) is 5.38. The van der Waals surface area contributed by atoms with Crippen molar-refractivity contribution < 1.29 is 9.53 Å².